The topological polar surface area (TPSA) is 55.1 Å². The van der Waals surface area contributed by atoms with Gasteiger partial charge in [0.15, 0.2) is 0 Å². The number of benzene rings is 1. The molecule has 1 atom stereocenters. The van der Waals surface area contributed by atoms with Crippen molar-refractivity contribution in [1.29, 1.82) is 0 Å². The lowest BCUT2D eigenvalue weighted by molar-refractivity contribution is -0.122. The fourth-order valence-corrected chi connectivity index (χ4v) is 1.56. The Balaban J connectivity index is 2.46. The highest BCUT2D eigenvalue weighted by atomic mass is 19.1. The Morgan fingerprint density at radius 2 is 2.24 bits per heavy atom. The lowest BCUT2D eigenvalue weighted by Gasteiger charge is -2.12. The van der Waals surface area contributed by atoms with Crippen LogP contribution in [0.1, 0.15) is 31.2 Å². The minimum absolute atomic E-state index is 0.0763. The van der Waals surface area contributed by atoms with Crippen LogP contribution in [-0.4, -0.2) is 19.0 Å². The zero-order valence-corrected chi connectivity index (χ0v) is 10.1. The average Bonchev–Trinajstić information content (AvgIpc) is 2.33. The van der Waals surface area contributed by atoms with Crippen molar-refractivity contribution >= 4 is 5.91 Å². The first kappa shape index (κ1) is 13.6. The van der Waals surface area contributed by atoms with E-state index in [9.17, 15) is 9.18 Å². The molecule has 0 radical (unpaired) electrons. The van der Waals surface area contributed by atoms with Crippen LogP contribution >= 0.6 is 0 Å². The summed E-state index contributed by atoms with van der Waals surface area (Å²) in [4.78, 5) is 11.8. The number of carbonyl (C=O) groups is 1. The number of amides is 1. The third-order valence-electron chi connectivity index (χ3n) is 2.67. The summed E-state index contributed by atoms with van der Waals surface area (Å²) < 4.78 is 13.0. The minimum atomic E-state index is -0.330. The van der Waals surface area contributed by atoms with Crippen LogP contribution in [0.2, 0.25) is 0 Å². The highest BCUT2D eigenvalue weighted by Gasteiger charge is 2.14. The Labute approximate surface area is 101 Å². The predicted molar refractivity (Wildman–Crippen MR) is 66.1 cm³/mol. The van der Waals surface area contributed by atoms with Crippen molar-refractivity contribution in [3.8, 4) is 0 Å². The zero-order chi connectivity index (χ0) is 12.7. The predicted octanol–water partition coefficient (Wildman–Crippen LogP) is 1.78. The van der Waals surface area contributed by atoms with Crippen molar-refractivity contribution in [3.63, 3.8) is 0 Å². The van der Waals surface area contributed by atoms with Crippen molar-refractivity contribution in [2.45, 2.75) is 25.7 Å². The molecule has 0 bridgehead atoms. The lowest BCUT2D eigenvalue weighted by Crippen LogP contribution is -2.29. The Bertz CT molecular complexity index is 368. The van der Waals surface area contributed by atoms with Gasteiger partial charge in [-0.25, -0.2) is 4.39 Å². The molecule has 0 spiro atoms. The lowest BCUT2D eigenvalue weighted by atomic mass is 10.0. The molecule has 0 saturated carbocycles. The molecule has 0 aliphatic rings. The first-order chi connectivity index (χ1) is 8.15. The molecule has 0 fully saturated rings. The maximum Gasteiger partial charge on any atom is 0.227 e. The van der Waals surface area contributed by atoms with Gasteiger partial charge in [-0.2, -0.15) is 0 Å². The fourth-order valence-electron chi connectivity index (χ4n) is 1.56. The van der Waals surface area contributed by atoms with Crippen molar-refractivity contribution in [3.05, 3.63) is 35.6 Å². The number of halogens is 1. The fraction of sp³-hybridized carbons (Fsp3) is 0.462. The Kier molecular flexibility index (Phi) is 5.63. The van der Waals surface area contributed by atoms with E-state index in [-0.39, 0.29) is 17.6 Å². The largest absolute Gasteiger partial charge is 0.356 e. The Morgan fingerprint density at radius 3 is 2.88 bits per heavy atom. The monoisotopic (exact) mass is 238 g/mol. The highest BCUT2D eigenvalue weighted by molar-refractivity contribution is 5.83. The second-order valence-corrected chi connectivity index (χ2v) is 4.06. The van der Waals surface area contributed by atoms with Crippen molar-refractivity contribution in [2.75, 3.05) is 13.1 Å². The van der Waals surface area contributed by atoms with E-state index < -0.39 is 0 Å². The Morgan fingerprint density at radius 1 is 1.47 bits per heavy atom. The van der Waals surface area contributed by atoms with Crippen molar-refractivity contribution < 1.29 is 9.18 Å². The summed E-state index contributed by atoms with van der Waals surface area (Å²) >= 11 is 0. The molecule has 1 rings (SSSR count). The summed E-state index contributed by atoms with van der Waals surface area (Å²) in [7, 11) is 0. The van der Waals surface area contributed by atoms with Gasteiger partial charge in [0.25, 0.3) is 0 Å². The van der Waals surface area contributed by atoms with Gasteiger partial charge < -0.3 is 11.1 Å². The van der Waals surface area contributed by atoms with Gasteiger partial charge in [-0.1, -0.05) is 12.1 Å². The first-order valence-electron chi connectivity index (χ1n) is 5.88. The second kappa shape index (κ2) is 7.01. The van der Waals surface area contributed by atoms with Crippen molar-refractivity contribution in [2.24, 2.45) is 5.73 Å². The summed E-state index contributed by atoms with van der Waals surface area (Å²) in [5.74, 6) is -0.721. The molecule has 1 aromatic carbocycles. The molecule has 0 aliphatic carbocycles. The van der Waals surface area contributed by atoms with Gasteiger partial charge in [0, 0.05) is 6.54 Å². The molecule has 94 valence electrons. The van der Waals surface area contributed by atoms with E-state index in [1.807, 2.05) is 0 Å². The van der Waals surface area contributed by atoms with Gasteiger partial charge in [-0.05, 0) is 44.0 Å². The number of hydrogen-bond donors (Lipinski definition) is 2. The van der Waals surface area contributed by atoms with Gasteiger partial charge in [-0.15, -0.1) is 0 Å². The first-order valence-corrected chi connectivity index (χ1v) is 5.88. The SMILES string of the molecule is CC(C(=O)NCCCCN)c1cccc(F)c1. The molecule has 3 nitrogen and oxygen atoms in total. The number of unbranched alkanes of at least 4 members (excludes halogenated alkanes) is 1. The van der Waals surface area contributed by atoms with E-state index in [1.54, 1.807) is 19.1 Å². The molecule has 3 N–H and O–H groups in total. The van der Waals surface area contributed by atoms with E-state index in [1.165, 1.54) is 12.1 Å². The van der Waals surface area contributed by atoms with Gasteiger partial charge in [-0.3, -0.25) is 4.79 Å². The van der Waals surface area contributed by atoms with E-state index in [0.717, 1.165) is 12.8 Å². The van der Waals surface area contributed by atoms with E-state index in [0.29, 0.717) is 18.7 Å². The quantitative estimate of drug-likeness (QED) is 0.742. The van der Waals surface area contributed by atoms with Crippen LogP contribution < -0.4 is 11.1 Å². The normalized spacial score (nSPS) is 12.2. The van der Waals surface area contributed by atoms with Gasteiger partial charge in [0.05, 0.1) is 5.92 Å². The third kappa shape index (κ3) is 4.53. The van der Waals surface area contributed by atoms with Crippen LogP contribution in [0.15, 0.2) is 24.3 Å². The Hall–Kier alpha value is -1.42. The number of nitrogens with one attached hydrogen (secondary N) is 1. The summed E-state index contributed by atoms with van der Waals surface area (Å²) in [5.41, 5.74) is 6.05. The number of rotatable bonds is 6. The number of carbonyl (C=O) groups excluding carboxylic acids is 1. The average molecular weight is 238 g/mol. The van der Waals surface area contributed by atoms with Crippen molar-refractivity contribution in [1.82, 2.24) is 5.32 Å². The van der Waals surface area contributed by atoms with E-state index >= 15 is 0 Å². The third-order valence-corrected chi connectivity index (χ3v) is 2.67. The smallest absolute Gasteiger partial charge is 0.227 e. The molecular weight excluding hydrogens is 219 g/mol. The minimum Gasteiger partial charge on any atom is -0.356 e. The highest BCUT2D eigenvalue weighted by Crippen LogP contribution is 2.16. The van der Waals surface area contributed by atoms with Crippen LogP contribution in [-0.2, 0) is 4.79 Å². The molecule has 0 saturated heterocycles. The summed E-state index contributed by atoms with van der Waals surface area (Å²) in [6.45, 7) is 3.03. The molecule has 1 amide bonds. The van der Waals surface area contributed by atoms with Crippen LogP contribution in [0.4, 0.5) is 4.39 Å². The summed E-state index contributed by atoms with van der Waals surface area (Å²) in [6, 6.07) is 6.13. The van der Waals surface area contributed by atoms with Crippen LogP contribution in [0.25, 0.3) is 0 Å². The molecule has 1 aromatic rings. The summed E-state index contributed by atoms with van der Waals surface area (Å²) in [5, 5.41) is 2.82. The summed E-state index contributed by atoms with van der Waals surface area (Å²) in [6.07, 6.45) is 1.77. The van der Waals surface area contributed by atoms with E-state index in [4.69, 9.17) is 5.73 Å². The molecular formula is C13H19FN2O. The maximum atomic E-state index is 13.0. The van der Waals surface area contributed by atoms with E-state index in [2.05, 4.69) is 5.32 Å². The van der Waals surface area contributed by atoms with Gasteiger partial charge in [0.2, 0.25) is 5.91 Å². The number of nitrogens with two attached hydrogens (primary N) is 1. The molecule has 0 aliphatic heterocycles. The zero-order valence-electron chi connectivity index (χ0n) is 10.1. The molecule has 17 heavy (non-hydrogen) atoms. The van der Waals surface area contributed by atoms with Gasteiger partial charge >= 0.3 is 0 Å². The van der Waals surface area contributed by atoms with Crippen LogP contribution in [0.3, 0.4) is 0 Å². The van der Waals surface area contributed by atoms with Gasteiger partial charge in [0.1, 0.15) is 5.82 Å². The maximum absolute atomic E-state index is 13.0. The second-order valence-electron chi connectivity index (χ2n) is 4.06. The molecule has 0 heterocycles. The standard InChI is InChI=1S/C13H19FN2O/c1-10(11-5-4-6-12(14)9-11)13(17)16-8-3-2-7-15/h4-6,9-10H,2-3,7-8,15H2,1H3,(H,16,17). The molecule has 1 unspecified atom stereocenters. The number of hydrogen-bond acceptors (Lipinski definition) is 2. The molecule has 4 heteroatoms. The van der Waals surface area contributed by atoms with Crippen LogP contribution in [0.5, 0.6) is 0 Å². The van der Waals surface area contributed by atoms with Crippen LogP contribution in [0, 0.1) is 5.82 Å². The molecule has 0 aromatic heterocycles.